The van der Waals surface area contributed by atoms with E-state index in [1.54, 1.807) is 19.1 Å². The molecule has 5 N–H and O–H groups in total. The zero-order valence-electron chi connectivity index (χ0n) is 18.1. The van der Waals surface area contributed by atoms with E-state index in [-0.39, 0.29) is 56.7 Å². The van der Waals surface area contributed by atoms with Crippen LogP contribution in [0.4, 0.5) is 22.0 Å². The first-order valence-corrected chi connectivity index (χ1v) is 10.0. The summed E-state index contributed by atoms with van der Waals surface area (Å²) in [5, 5.41) is 31.3. The van der Waals surface area contributed by atoms with E-state index in [1.165, 1.54) is 12.1 Å². The van der Waals surface area contributed by atoms with Gasteiger partial charge in [0.05, 0.1) is 39.8 Å². The highest BCUT2D eigenvalue weighted by atomic mass is 19.1. The summed E-state index contributed by atoms with van der Waals surface area (Å²) in [6.45, 7) is 1.62. The topological polar surface area (TPSA) is 196 Å². The molecule has 0 amide bonds. The van der Waals surface area contributed by atoms with Gasteiger partial charge in [-0.05, 0) is 37.3 Å². The van der Waals surface area contributed by atoms with Crippen molar-refractivity contribution < 1.29 is 4.39 Å². The number of rotatable bonds is 4. The molecule has 0 saturated carbocycles. The second-order valence-electron chi connectivity index (χ2n) is 7.40. The zero-order chi connectivity index (χ0) is 25.3. The van der Waals surface area contributed by atoms with Gasteiger partial charge in [-0.2, -0.15) is 25.8 Å². The summed E-state index contributed by atoms with van der Waals surface area (Å²) in [5.41, 5.74) is 11.1. The normalized spacial score (nSPS) is 11.3. The Kier molecular flexibility index (Phi) is 5.68. The van der Waals surface area contributed by atoms with E-state index in [4.69, 9.17) is 11.5 Å². The van der Waals surface area contributed by atoms with Crippen molar-refractivity contribution in [3.05, 3.63) is 75.1 Å². The summed E-state index contributed by atoms with van der Waals surface area (Å²) in [4.78, 5) is 26.0. The van der Waals surface area contributed by atoms with Crippen LogP contribution in [0.15, 0.2) is 41.2 Å². The number of benzene rings is 2. The number of hydrogen-bond donors (Lipinski definition) is 3. The van der Waals surface area contributed by atoms with Crippen LogP contribution in [-0.2, 0) is 0 Å². The van der Waals surface area contributed by atoms with Crippen LogP contribution < -0.4 is 22.3 Å². The lowest BCUT2D eigenvalue weighted by Gasteiger charge is -2.21. The number of fused-ring (bicyclic) bond motifs is 1. The Labute approximate surface area is 197 Å². The largest absolute Gasteiger partial charge is 0.382 e. The van der Waals surface area contributed by atoms with Crippen molar-refractivity contribution in [2.45, 2.75) is 13.0 Å². The minimum absolute atomic E-state index is 0.00799. The van der Waals surface area contributed by atoms with E-state index in [0.29, 0.717) is 0 Å². The fraction of sp³-hybridized carbons (Fsp3) is 0.0870. The van der Waals surface area contributed by atoms with Gasteiger partial charge in [0, 0.05) is 0 Å². The fourth-order valence-electron chi connectivity index (χ4n) is 3.63. The van der Waals surface area contributed by atoms with Crippen LogP contribution in [-0.4, -0.2) is 19.5 Å². The molecule has 0 aliphatic heterocycles. The van der Waals surface area contributed by atoms with Crippen LogP contribution in [0.25, 0.3) is 16.6 Å². The standard InChI is InChI=1S/C23H15FN10O/c1-11(30-20-16(10-27)19(28)32-23(29)33-20)21-31-17-4-2-3-13(9-26)18(17)22(35)34(21)15-6-12(8-25)5-14(24)7-15/h2-7,11H,1H3,(H5,28,29,30,32,33)/t11-/m0/s1. The Morgan fingerprint density at radius 3 is 2.51 bits per heavy atom. The van der Waals surface area contributed by atoms with Gasteiger partial charge in [0.1, 0.15) is 35.2 Å². The van der Waals surface area contributed by atoms with Crippen molar-refractivity contribution in [3.63, 3.8) is 0 Å². The van der Waals surface area contributed by atoms with E-state index in [9.17, 15) is 25.0 Å². The number of nitrogens with one attached hydrogen (secondary N) is 1. The van der Waals surface area contributed by atoms with Gasteiger partial charge < -0.3 is 16.8 Å². The van der Waals surface area contributed by atoms with Gasteiger partial charge in [0.25, 0.3) is 5.56 Å². The highest BCUT2D eigenvalue weighted by Gasteiger charge is 2.22. The van der Waals surface area contributed by atoms with Gasteiger partial charge in [-0.25, -0.2) is 9.37 Å². The molecule has 0 aliphatic carbocycles. The second-order valence-corrected chi connectivity index (χ2v) is 7.40. The molecule has 0 aliphatic rings. The minimum Gasteiger partial charge on any atom is -0.382 e. The first kappa shape index (κ1) is 22.6. The molecule has 0 radical (unpaired) electrons. The van der Waals surface area contributed by atoms with Crippen LogP contribution in [0.1, 0.15) is 35.5 Å². The van der Waals surface area contributed by atoms with E-state index in [0.717, 1.165) is 16.7 Å². The maximum absolute atomic E-state index is 14.3. The molecule has 0 fully saturated rings. The predicted octanol–water partition coefficient (Wildman–Crippen LogP) is 2.27. The smallest absolute Gasteiger partial charge is 0.267 e. The quantitative estimate of drug-likeness (QED) is 0.401. The van der Waals surface area contributed by atoms with Crippen LogP contribution in [0.5, 0.6) is 0 Å². The van der Waals surface area contributed by atoms with Crippen molar-refractivity contribution in [3.8, 4) is 23.9 Å². The van der Waals surface area contributed by atoms with Crippen molar-refractivity contribution in [2.75, 3.05) is 16.8 Å². The number of nitrogens with zero attached hydrogens (tertiary/aromatic N) is 7. The number of nitrogens with two attached hydrogens (primary N) is 2. The maximum atomic E-state index is 14.3. The van der Waals surface area contributed by atoms with Crippen molar-refractivity contribution >= 4 is 28.5 Å². The molecule has 0 bridgehead atoms. The monoisotopic (exact) mass is 466 g/mol. The highest BCUT2D eigenvalue weighted by molar-refractivity contribution is 5.84. The molecule has 11 nitrogen and oxygen atoms in total. The third-order valence-electron chi connectivity index (χ3n) is 5.12. The molecule has 35 heavy (non-hydrogen) atoms. The van der Waals surface area contributed by atoms with Crippen molar-refractivity contribution in [2.24, 2.45) is 0 Å². The lowest BCUT2D eigenvalue weighted by molar-refractivity contribution is 0.624. The number of hydrogen-bond acceptors (Lipinski definition) is 10. The average molecular weight is 466 g/mol. The van der Waals surface area contributed by atoms with Gasteiger partial charge in [0.15, 0.2) is 5.82 Å². The molecular formula is C23H15FN10O. The third kappa shape index (κ3) is 4.01. The summed E-state index contributed by atoms with van der Waals surface area (Å²) >= 11 is 0. The van der Waals surface area contributed by atoms with Crippen LogP contribution in [0.2, 0.25) is 0 Å². The second kappa shape index (κ2) is 8.77. The molecule has 0 spiro atoms. The zero-order valence-corrected chi connectivity index (χ0v) is 18.1. The Morgan fingerprint density at radius 1 is 1.06 bits per heavy atom. The van der Waals surface area contributed by atoms with Gasteiger partial charge in [-0.3, -0.25) is 9.36 Å². The average Bonchev–Trinajstić information content (AvgIpc) is 2.82. The summed E-state index contributed by atoms with van der Waals surface area (Å²) < 4.78 is 15.4. The molecule has 12 heteroatoms. The molecule has 2 heterocycles. The highest BCUT2D eigenvalue weighted by Crippen LogP contribution is 2.26. The van der Waals surface area contributed by atoms with E-state index >= 15 is 0 Å². The summed E-state index contributed by atoms with van der Waals surface area (Å²) in [5.74, 6) is -0.960. The van der Waals surface area contributed by atoms with Gasteiger partial charge in [0.2, 0.25) is 5.95 Å². The lowest BCUT2D eigenvalue weighted by atomic mass is 10.1. The summed E-state index contributed by atoms with van der Waals surface area (Å²) in [7, 11) is 0. The Hall–Kier alpha value is -5.54. The minimum atomic E-state index is -0.813. The summed E-state index contributed by atoms with van der Waals surface area (Å²) in [6, 6.07) is 12.9. The number of anilines is 3. The number of nitrogen functional groups attached to an aromatic ring is 2. The molecule has 4 rings (SSSR count). The molecule has 1 atom stereocenters. The van der Waals surface area contributed by atoms with Crippen molar-refractivity contribution in [1.29, 1.82) is 15.8 Å². The van der Waals surface area contributed by atoms with E-state index < -0.39 is 17.4 Å². The number of aromatic nitrogens is 4. The Balaban J connectivity index is 2.02. The lowest BCUT2D eigenvalue weighted by Crippen LogP contribution is -2.28. The van der Waals surface area contributed by atoms with Crippen LogP contribution in [0.3, 0.4) is 0 Å². The van der Waals surface area contributed by atoms with Gasteiger partial charge >= 0.3 is 0 Å². The molecule has 2 aromatic carbocycles. The SMILES string of the molecule is C[C@H](Nc1nc(N)nc(N)c1C#N)c1nc2cccc(C#N)c2c(=O)n1-c1cc(F)cc(C#N)c1. The van der Waals surface area contributed by atoms with Crippen molar-refractivity contribution in [1.82, 2.24) is 19.5 Å². The van der Waals surface area contributed by atoms with E-state index in [2.05, 4.69) is 20.3 Å². The molecule has 4 aromatic rings. The number of halogens is 1. The molecule has 0 saturated heterocycles. The first-order chi connectivity index (χ1) is 16.8. The van der Waals surface area contributed by atoms with Crippen LogP contribution in [0, 0.1) is 39.8 Å². The van der Waals surface area contributed by atoms with Gasteiger partial charge in [-0.15, -0.1) is 0 Å². The summed E-state index contributed by atoms with van der Waals surface area (Å²) in [6.07, 6.45) is 0. The molecule has 0 unspecified atom stereocenters. The Morgan fingerprint density at radius 2 is 1.83 bits per heavy atom. The first-order valence-electron chi connectivity index (χ1n) is 10.0. The van der Waals surface area contributed by atoms with Crippen LogP contribution >= 0.6 is 0 Å². The molecular weight excluding hydrogens is 451 g/mol. The predicted molar refractivity (Wildman–Crippen MR) is 124 cm³/mol. The van der Waals surface area contributed by atoms with Gasteiger partial charge in [-0.1, -0.05) is 6.07 Å². The molecule has 170 valence electrons. The fourth-order valence-corrected chi connectivity index (χ4v) is 3.63. The van der Waals surface area contributed by atoms with E-state index in [1.807, 2.05) is 18.2 Å². The Bertz CT molecular complexity index is 1690. The molecule has 2 aromatic heterocycles. The number of nitriles is 3. The maximum Gasteiger partial charge on any atom is 0.267 e. The third-order valence-corrected chi connectivity index (χ3v) is 5.12.